The monoisotopic (exact) mass is 286 g/mol. The number of likely N-dealkylation sites (tertiary alicyclic amines) is 1. The Balaban J connectivity index is 1.74. The van der Waals surface area contributed by atoms with Gasteiger partial charge in [0.05, 0.1) is 5.02 Å². The van der Waals surface area contributed by atoms with Gasteiger partial charge in [-0.25, -0.2) is 0 Å². The molecule has 0 spiro atoms. The first-order valence-electron chi connectivity index (χ1n) is 6.23. The summed E-state index contributed by atoms with van der Waals surface area (Å²) in [4.78, 5) is 2.37. The van der Waals surface area contributed by atoms with Crippen LogP contribution in [0.2, 0.25) is 10.0 Å². The van der Waals surface area contributed by atoms with Crippen LogP contribution < -0.4 is 5.32 Å². The van der Waals surface area contributed by atoms with Crippen molar-refractivity contribution in [2.45, 2.75) is 6.54 Å². The van der Waals surface area contributed by atoms with Gasteiger partial charge in [0.15, 0.2) is 0 Å². The molecule has 0 aromatic heterocycles. The Morgan fingerprint density at radius 1 is 1.22 bits per heavy atom. The predicted molar refractivity (Wildman–Crippen MR) is 73.3 cm³/mol. The lowest BCUT2D eigenvalue weighted by atomic mass is 10.0. The molecule has 2 atom stereocenters. The highest BCUT2D eigenvalue weighted by Gasteiger charge is 2.36. The van der Waals surface area contributed by atoms with E-state index < -0.39 is 0 Å². The fourth-order valence-corrected chi connectivity index (χ4v) is 3.60. The highest BCUT2D eigenvalue weighted by Crippen LogP contribution is 2.34. The van der Waals surface area contributed by atoms with Gasteiger partial charge in [-0.3, -0.25) is 4.90 Å². The van der Waals surface area contributed by atoms with E-state index in [2.05, 4.69) is 10.2 Å². The minimum atomic E-state index is 0.163. The van der Waals surface area contributed by atoms with E-state index in [-0.39, 0.29) is 5.75 Å². The van der Waals surface area contributed by atoms with Crippen LogP contribution in [0.4, 0.5) is 0 Å². The van der Waals surface area contributed by atoms with E-state index in [9.17, 15) is 5.11 Å². The summed E-state index contributed by atoms with van der Waals surface area (Å²) in [6.07, 6.45) is 0. The molecule has 0 radical (unpaired) electrons. The zero-order valence-corrected chi connectivity index (χ0v) is 11.5. The summed E-state index contributed by atoms with van der Waals surface area (Å²) in [5.74, 6) is 1.67. The van der Waals surface area contributed by atoms with E-state index in [1.54, 1.807) is 12.1 Å². The summed E-state index contributed by atoms with van der Waals surface area (Å²) in [6, 6.07) is 3.37. The maximum Gasteiger partial charge on any atom is 0.138 e. The molecule has 0 unspecified atom stereocenters. The fourth-order valence-electron chi connectivity index (χ4n) is 3.06. The summed E-state index contributed by atoms with van der Waals surface area (Å²) in [7, 11) is 0. The smallest absolute Gasteiger partial charge is 0.138 e. The molecule has 2 saturated heterocycles. The van der Waals surface area contributed by atoms with Gasteiger partial charge >= 0.3 is 0 Å². The SMILES string of the molecule is Oc1c(Cl)cc(Cl)cc1CN1C[C@H]2CNC[C@H]2C1. The molecule has 1 aromatic carbocycles. The Morgan fingerprint density at radius 2 is 1.89 bits per heavy atom. The van der Waals surface area contributed by atoms with Crippen LogP contribution in [0.15, 0.2) is 12.1 Å². The lowest BCUT2D eigenvalue weighted by Crippen LogP contribution is -2.25. The van der Waals surface area contributed by atoms with Crippen molar-refractivity contribution in [3.63, 3.8) is 0 Å². The van der Waals surface area contributed by atoms with E-state index in [1.165, 1.54) is 0 Å². The number of hydrogen-bond acceptors (Lipinski definition) is 3. The Bertz CT molecular complexity index is 455. The highest BCUT2D eigenvalue weighted by atomic mass is 35.5. The normalized spacial score (nSPS) is 27.7. The Kier molecular flexibility index (Phi) is 3.41. The van der Waals surface area contributed by atoms with E-state index in [4.69, 9.17) is 23.2 Å². The molecule has 3 nitrogen and oxygen atoms in total. The van der Waals surface area contributed by atoms with E-state index in [1.807, 2.05) is 0 Å². The first-order chi connectivity index (χ1) is 8.63. The van der Waals surface area contributed by atoms with Gasteiger partial charge < -0.3 is 10.4 Å². The second-order valence-corrected chi connectivity index (χ2v) is 6.11. The van der Waals surface area contributed by atoms with Crippen LogP contribution in [0.1, 0.15) is 5.56 Å². The largest absolute Gasteiger partial charge is 0.506 e. The average Bonchev–Trinajstić information content (AvgIpc) is 2.85. The van der Waals surface area contributed by atoms with Crippen molar-refractivity contribution in [3.8, 4) is 5.75 Å². The van der Waals surface area contributed by atoms with Crippen molar-refractivity contribution in [2.24, 2.45) is 11.8 Å². The van der Waals surface area contributed by atoms with Gasteiger partial charge in [0, 0.05) is 30.2 Å². The van der Waals surface area contributed by atoms with Gasteiger partial charge in [-0.2, -0.15) is 0 Å². The third-order valence-corrected chi connectivity index (χ3v) is 4.47. The molecule has 1 aromatic rings. The Morgan fingerprint density at radius 3 is 2.56 bits per heavy atom. The number of rotatable bonds is 2. The maximum atomic E-state index is 9.96. The minimum Gasteiger partial charge on any atom is -0.506 e. The lowest BCUT2D eigenvalue weighted by Gasteiger charge is -2.18. The number of nitrogens with one attached hydrogen (secondary N) is 1. The molecule has 2 N–H and O–H groups in total. The average molecular weight is 287 g/mol. The van der Waals surface area contributed by atoms with Gasteiger partial charge in [-0.1, -0.05) is 23.2 Å². The molecule has 98 valence electrons. The van der Waals surface area contributed by atoms with Crippen LogP contribution in [0.3, 0.4) is 0 Å². The predicted octanol–water partition coefficient (Wildman–Crippen LogP) is 2.35. The molecule has 2 aliphatic rings. The second kappa shape index (κ2) is 4.89. The number of aromatic hydroxyl groups is 1. The molecule has 0 amide bonds. The van der Waals surface area contributed by atoms with E-state index >= 15 is 0 Å². The van der Waals surface area contributed by atoms with Crippen LogP contribution >= 0.6 is 23.2 Å². The van der Waals surface area contributed by atoms with Crippen molar-refractivity contribution in [1.29, 1.82) is 0 Å². The van der Waals surface area contributed by atoms with Crippen LogP contribution in [-0.2, 0) is 6.54 Å². The van der Waals surface area contributed by atoms with Crippen LogP contribution in [-0.4, -0.2) is 36.2 Å². The first kappa shape index (κ1) is 12.5. The molecule has 3 rings (SSSR count). The Hall–Kier alpha value is -0.480. The third-order valence-electron chi connectivity index (χ3n) is 3.97. The number of benzene rings is 1. The van der Waals surface area contributed by atoms with Gasteiger partial charge in [0.2, 0.25) is 0 Å². The standard InChI is InChI=1S/C13H16Cl2N2O/c14-11-1-8(13(18)12(15)2-11)5-17-6-9-3-16-4-10(9)7-17/h1-2,9-10,16,18H,3-7H2/t9-,10+. The van der Waals surface area contributed by atoms with Crippen molar-refractivity contribution < 1.29 is 5.11 Å². The van der Waals surface area contributed by atoms with Gasteiger partial charge in [-0.15, -0.1) is 0 Å². The van der Waals surface area contributed by atoms with Crippen LogP contribution in [0, 0.1) is 11.8 Å². The van der Waals surface area contributed by atoms with Gasteiger partial charge in [0.25, 0.3) is 0 Å². The molecule has 2 fully saturated rings. The van der Waals surface area contributed by atoms with Crippen molar-refractivity contribution in [2.75, 3.05) is 26.2 Å². The fraction of sp³-hybridized carbons (Fsp3) is 0.538. The third kappa shape index (κ3) is 2.32. The molecule has 5 heteroatoms. The topological polar surface area (TPSA) is 35.5 Å². The quantitative estimate of drug-likeness (QED) is 0.876. The summed E-state index contributed by atoms with van der Waals surface area (Å²) in [6.45, 7) is 5.12. The number of nitrogens with zero attached hydrogens (tertiary/aromatic N) is 1. The summed E-state index contributed by atoms with van der Waals surface area (Å²) in [5.41, 5.74) is 0.820. The van der Waals surface area contributed by atoms with E-state index in [0.717, 1.165) is 50.1 Å². The minimum absolute atomic E-state index is 0.163. The molecular weight excluding hydrogens is 271 g/mol. The van der Waals surface area contributed by atoms with Gasteiger partial charge in [0.1, 0.15) is 5.75 Å². The first-order valence-corrected chi connectivity index (χ1v) is 6.99. The second-order valence-electron chi connectivity index (χ2n) is 5.27. The van der Waals surface area contributed by atoms with Crippen molar-refractivity contribution >= 4 is 23.2 Å². The zero-order chi connectivity index (χ0) is 12.7. The number of fused-ring (bicyclic) bond motifs is 1. The van der Waals surface area contributed by atoms with Gasteiger partial charge in [-0.05, 0) is 37.1 Å². The Labute approximate surface area is 117 Å². The molecule has 0 aliphatic carbocycles. The maximum absolute atomic E-state index is 9.96. The van der Waals surface area contributed by atoms with Crippen LogP contribution in [0.25, 0.3) is 0 Å². The summed E-state index contributed by atoms with van der Waals surface area (Å²) >= 11 is 11.9. The molecule has 18 heavy (non-hydrogen) atoms. The number of hydrogen-bond donors (Lipinski definition) is 2. The molecule has 2 heterocycles. The molecule has 2 aliphatic heterocycles. The van der Waals surface area contributed by atoms with E-state index in [0.29, 0.717) is 10.0 Å². The summed E-state index contributed by atoms with van der Waals surface area (Å²) in [5, 5.41) is 14.3. The number of phenolic OH excluding ortho intramolecular Hbond substituents is 1. The zero-order valence-electron chi connectivity index (χ0n) is 10.00. The summed E-state index contributed by atoms with van der Waals surface area (Å²) < 4.78 is 0. The highest BCUT2D eigenvalue weighted by molar-refractivity contribution is 6.35. The number of phenols is 1. The lowest BCUT2D eigenvalue weighted by molar-refractivity contribution is 0.300. The van der Waals surface area contributed by atoms with Crippen molar-refractivity contribution in [3.05, 3.63) is 27.7 Å². The number of halogens is 2. The van der Waals surface area contributed by atoms with Crippen LogP contribution in [0.5, 0.6) is 5.75 Å². The van der Waals surface area contributed by atoms with Crippen molar-refractivity contribution in [1.82, 2.24) is 10.2 Å². The molecule has 0 bridgehead atoms. The molecule has 0 saturated carbocycles. The molecular formula is C13H16Cl2N2O.